The molecule has 2 N–H and O–H groups in total. The van der Waals surface area contributed by atoms with E-state index < -0.39 is 0 Å². The first-order valence-corrected chi connectivity index (χ1v) is 8.08. The number of hydrogen-bond donors (Lipinski definition) is 1. The lowest BCUT2D eigenvalue weighted by atomic mass is 10.1. The first-order chi connectivity index (χ1) is 11.6. The van der Waals surface area contributed by atoms with E-state index in [1.54, 1.807) is 4.90 Å². The molecule has 1 saturated heterocycles. The van der Waals surface area contributed by atoms with Crippen molar-refractivity contribution >= 4 is 11.8 Å². The van der Waals surface area contributed by atoms with Crippen LogP contribution in [0, 0.1) is 5.92 Å². The van der Waals surface area contributed by atoms with Gasteiger partial charge in [0.15, 0.2) is 0 Å². The monoisotopic (exact) mass is 328 g/mol. The normalized spacial score (nSPS) is 17.2. The Hall–Kier alpha value is -2.70. The van der Waals surface area contributed by atoms with Crippen LogP contribution in [0.25, 0.3) is 11.5 Å². The van der Waals surface area contributed by atoms with E-state index in [2.05, 4.69) is 10.2 Å². The average Bonchev–Trinajstić information content (AvgIpc) is 3.25. The molecule has 2 aromatic rings. The third-order valence-electron chi connectivity index (χ3n) is 4.21. The largest absolute Gasteiger partial charge is 0.421 e. The molecule has 126 valence electrons. The molecule has 1 aliphatic rings. The van der Waals surface area contributed by atoms with Gasteiger partial charge in [-0.25, -0.2) is 0 Å². The lowest BCUT2D eigenvalue weighted by molar-refractivity contribution is -0.130. The maximum atomic E-state index is 12.1. The van der Waals surface area contributed by atoms with Crippen molar-refractivity contribution in [2.24, 2.45) is 11.7 Å². The number of aromatic nitrogens is 2. The van der Waals surface area contributed by atoms with Gasteiger partial charge in [0.1, 0.15) is 0 Å². The first-order valence-electron chi connectivity index (χ1n) is 8.08. The van der Waals surface area contributed by atoms with Crippen molar-refractivity contribution in [2.75, 3.05) is 13.1 Å². The third-order valence-corrected chi connectivity index (χ3v) is 4.21. The van der Waals surface area contributed by atoms with Crippen LogP contribution in [0.15, 0.2) is 34.7 Å². The standard InChI is InChI=1S/C17H20N4O3/c18-16(23)13-9-10-21(11-13)15(22)8-4-7-14-19-20-17(24-14)12-5-2-1-3-6-12/h1-3,5-6,13H,4,7-11H2,(H2,18,23). The molecule has 1 atom stereocenters. The summed E-state index contributed by atoms with van der Waals surface area (Å²) in [4.78, 5) is 25.0. The fourth-order valence-corrected chi connectivity index (χ4v) is 2.82. The van der Waals surface area contributed by atoms with Gasteiger partial charge in [-0.3, -0.25) is 9.59 Å². The highest BCUT2D eigenvalue weighted by Gasteiger charge is 2.29. The Morgan fingerprint density at radius 1 is 1.25 bits per heavy atom. The number of primary amides is 1. The molecule has 1 aliphatic heterocycles. The van der Waals surface area contributed by atoms with Gasteiger partial charge in [-0.1, -0.05) is 18.2 Å². The molecule has 2 amide bonds. The zero-order valence-corrected chi connectivity index (χ0v) is 13.4. The number of amides is 2. The number of nitrogens with zero attached hydrogens (tertiary/aromatic N) is 3. The molecule has 7 heteroatoms. The van der Waals surface area contributed by atoms with Gasteiger partial charge in [-0.2, -0.15) is 0 Å². The highest BCUT2D eigenvalue weighted by atomic mass is 16.4. The zero-order chi connectivity index (χ0) is 16.9. The summed E-state index contributed by atoms with van der Waals surface area (Å²) in [6.45, 7) is 1.04. The Morgan fingerprint density at radius 3 is 2.75 bits per heavy atom. The highest BCUT2D eigenvalue weighted by Crippen LogP contribution is 2.19. The molecule has 0 saturated carbocycles. The van der Waals surface area contributed by atoms with Crippen molar-refractivity contribution < 1.29 is 14.0 Å². The fourth-order valence-electron chi connectivity index (χ4n) is 2.82. The average molecular weight is 328 g/mol. The van der Waals surface area contributed by atoms with Gasteiger partial charge in [0.05, 0.1) is 5.92 Å². The summed E-state index contributed by atoms with van der Waals surface area (Å²) in [6, 6.07) is 9.56. The second kappa shape index (κ2) is 7.25. The van der Waals surface area contributed by atoms with E-state index in [4.69, 9.17) is 10.2 Å². The number of rotatable bonds is 6. The van der Waals surface area contributed by atoms with E-state index in [1.165, 1.54) is 0 Å². The molecule has 1 unspecified atom stereocenters. The van der Waals surface area contributed by atoms with Gasteiger partial charge in [0.25, 0.3) is 0 Å². The maximum absolute atomic E-state index is 12.1. The second-order valence-electron chi connectivity index (χ2n) is 5.95. The van der Waals surface area contributed by atoms with E-state index in [0.717, 1.165) is 5.56 Å². The predicted octanol–water partition coefficient (Wildman–Crippen LogP) is 1.39. The number of aryl methyl sites for hydroxylation is 1. The van der Waals surface area contributed by atoms with E-state index in [9.17, 15) is 9.59 Å². The summed E-state index contributed by atoms with van der Waals surface area (Å²) in [5.74, 6) is 0.517. The SMILES string of the molecule is NC(=O)C1CCN(C(=O)CCCc2nnc(-c3ccccc3)o2)C1. The topological polar surface area (TPSA) is 102 Å². The zero-order valence-electron chi connectivity index (χ0n) is 13.4. The summed E-state index contributed by atoms with van der Waals surface area (Å²) < 4.78 is 5.62. The molecule has 0 bridgehead atoms. The van der Waals surface area contributed by atoms with E-state index >= 15 is 0 Å². The van der Waals surface area contributed by atoms with E-state index in [1.807, 2.05) is 30.3 Å². The molecule has 1 aromatic heterocycles. The van der Waals surface area contributed by atoms with Crippen LogP contribution in [-0.2, 0) is 16.0 Å². The Labute approximate surface area is 139 Å². The summed E-state index contributed by atoms with van der Waals surface area (Å²) in [5.41, 5.74) is 6.16. The first kappa shape index (κ1) is 16.2. The Kier molecular flexibility index (Phi) is 4.88. The van der Waals surface area contributed by atoms with Crippen LogP contribution < -0.4 is 5.73 Å². The molecule has 2 heterocycles. The molecule has 24 heavy (non-hydrogen) atoms. The van der Waals surface area contributed by atoms with Crippen molar-refractivity contribution in [3.8, 4) is 11.5 Å². The Bertz CT molecular complexity index is 714. The van der Waals surface area contributed by atoms with Gasteiger partial charge in [-0.05, 0) is 25.0 Å². The fraction of sp³-hybridized carbons (Fsp3) is 0.412. The molecular formula is C17H20N4O3. The highest BCUT2D eigenvalue weighted by molar-refractivity contribution is 5.81. The lowest BCUT2D eigenvalue weighted by Crippen LogP contribution is -2.31. The second-order valence-corrected chi connectivity index (χ2v) is 5.95. The van der Waals surface area contributed by atoms with Crippen molar-refractivity contribution in [2.45, 2.75) is 25.7 Å². The molecule has 7 nitrogen and oxygen atoms in total. The Balaban J connectivity index is 1.46. The van der Waals surface area contributed by atoms with Crippen molar-refractivity contribution in [1.82, 2.24) is 15.1 Å². The molecule has 1 fully saturated rings. The maximum Gasteiger partial charge on any atom is 0.247 e. The summed E-state index contributed by atoms with van der Waals surface area (Å²) in [7, 11) is 0. The summed E-state index contributed by atoms with van der Waals surface area (Å²) in [6.07, 6.45) is 2.24. The van der Waals surface area contributed by atoms with E-state index in [-0.39, 0.29) is 17.7 Å². The van der Waals surface area contributed by atoms with Gasteiger partial charge >= 0.3 is 0 Å². The minimum absolute atomic E-state index is 0.0431. The molecule has 0 spiro atoms. The van der Waals surface area contributed by atoms with Crippen molar-refractivity contribution in [3.05, 3.63) is 36.2 Å². The van der Waals surface area contributed by atoms with Gasteiger partial charge in [0.2, 0.25) is 23.6 Å². The van der Waals surface area contributed by atoms with Crippen LogP contribution >= 0.6 is 0 Å². The van der Waals surface area contributed by atoms with Crippen molar-refractivity contribution in [3.63, 3.8) is 0 Å². The van der Waals surface area contributed by atoms with E-state index in [0.29, 0.717) is 50.6 Å². The van der Waals surface area contributed by atoms with Crippen LogP contribution in [0.5, 0.6) is 0 Å². The molecule has 1 aromatic carbocycles. The molecule has 3 rings (SSSR count). The van der Waals surface area contributed by atoms with Gasteiger partial charge in [-0.15, -0.1) is 10.2 Å². The van der Waals surface area contributed by atoms with Crippen LogP contribution in [0.1, 0.15) is 25.2 Å². The van der Waals surface area contributed by atoms with Crippen LogP contribution in [-0.4, -0.2) is 40.0 Å². The number of carbonyl (C=O) groups excluding carboxylic acids is 2. The van der Waals surface area contributed by atoms with Gasteiger partial charge in [0, 0.05) is 31.5 Å². The van der Waals surface area contributed by atoms with Crippen LogP contribution in [0.3, 0.4) is 0 Å². The summed E-state index contributed by atoms with van der Waals surface area (Å²) in [5, 5.41) is 8.05. The molecule has 0 radical (unpaired) electrons. The van der Waals surface area contributed by atoms with Crippen molar-refractivity contribution in [1.29, 1.82) is 0 Å². The van der Waals surface area contributed by atoms with Gasteiger partial charge < -0.3 is 15.1 Å². The molecule has 0 aliphatic carbocycles. The Morgan fingerprint density at radius 2 is 2.04 bits per heavy atom. The lowest BCUT2D eigenvalue weighted by Gasteiger charge is -2.15. The summed E-state index contributed by atoms with van der Waals surface area (Å²) >= 11 is 0. The number of hydrogen-bond acceptors (Lipinski definition) is 5. The number of benzene rings is 1. The number of likely N-dealkylation sites (tertiary alicyclic amines) is 1. The minimum Gasteiger partial charge on any atom is -0.421 e. The minimum atomic E-state index is -0.329. The quantitative estimate of drug-likeness (QED) is 0.863. The molecular weight excluding hydrogens is 308 g/mol. The van der Waals surface area contributed by atoms with Crippen LogP contribution in [0.2, 0.25) is 0 Å². The predicted molar refractivity (Wildman–Crippen MR) is 86.6 cm³/mol. The number of nitrogens with two attached hydrogens (primary N) is 1. The third kappa shape index (κ3) is 3.79. The number of carbonyl (C=O) groups is 2. The van der Waals surface area contributed by atoms with Crippen LogP contribution in [0.4, 0.5) is 0 Å². The smallest absolute Gasteiger partial charge is 0.247 e.